The summed E-state index contributed by atoms with van der Waals surface area (Å²) in [7, 11) is 3.16. The maximum atomic E-state index is 13.5. The van der Waals surface area contributed by atoms with Crippen molar-refractivity contribution in [3.05, 3.63) is 82.4 Å². The van der Waals surface area contributed by atoms with Gasteiger partial charge in [0.2, 0.25) is 18.6 Å². The zero-order valence-corrected chi connectivity index (χ0v) is 28.5. The minimum Gasteiger partial charge on any atom is -0.449 e. The van der Waals surface area contributed by atoms with Crippen molar-refractivity contribution in [3.63, 3.8) is 0 Å². The molecule has 13 nitrogen and oxygen atoms in total. The van der Waals surface area contributed by atoms with Gasteiger partial charge in [-0.15, -0.1) is 11.8 Å². The fraction of sp³-hybridized carbons (Fsp3) is 0.429. The predicted octanol–water partition coefficient (Wildman–Crippen LogP) is 3.09. The molecule has 2 fully saturated rings. The molecule has 1 N–H and O–H groups in total. The van der Waals surface area contributed by atoms with Crippen molar-refractivity contribution in [2.75, 3.05) is 34.0 Å². The standard InChI is InChI=1S/C35H39N3O10S/c1-20-28-27(21(2)39)32(42)38(28)29(34(44)48-19-47-33(43)23-13-9-6-10-14-23)30(20)49-24-17-25(31(41)36(3)4)37(18-24)35(45)46-16-15-26(40)22-11-7-5-8-12-22/h5-14,20-21,24-25,27-28,39H,15-19H2,1-4H3/t20-,21-,24+,25+,27-,28-/m1/s1. The summed E-state index contributed by atoms with van der Waals surface area (Å²) in [6.45, 7) is 2.58. The van der Waals surface area contributed by atoms with E-state index >= 15 is 0 Å². The van der Waals surface area contributed by atoms with Gasteiger partial charge in [-0.25, -0.2) is 14.4 Å². The van der Waals surface area contributed by atoms with Crippen molar-refractivity contribution >= 4 is 47.4 Å². The topological polar surface area (TPSA) is 160 Å². The minimum absolute atomic E-state index is 0.0175. The maximum absolute atomic E-state index is 13.5. The molecule has 0 unspecified atom stereocenters. The number of Topliss-reactive ketones (excluding diaryl/α,β-unsaturated/α-hetero) is 1. The van der Waals surface area contributed by atoms with Gasteiger partial charge >= 0.3 is 18.0 Å². The Morgan fingerprint density at radius 2 is 1.55 bits per heavy atom. The monoisotopic (exact) mass is 693 g/mol. The molecule has 0 spiro atoms. The molecule has 0 aromatic heterocycles. The van der Waals surface area contributed by atoms with Gasteiger partial charge in [0.05, 0.1) is 23.6 Å². The van der Waals surface area contributed by atoms with Crippen molar-refractivity contribution in [1.29, 1.82) is 0 Å². The van der Waals surface area contributed by atoms with E-state index in [2.05, 4.69) is 0 Å². The number of likely N-dealkylation sites (tertiary alicyclic amines) is 1. The third-order valence-electron chi connectivity index (χ3n) is 8.86. The largest absolute Gasteiger partial charge is 0.449 e. The maximum Gasteiger partial charge on any atom is 0.410 e. The molecule has 2 aromatic carbocycles. The van der Waals surface area contributed by atoms with E-state index in [-0.39, 0.29) is 60.1 Å². The molecular weight excluding hydrogens is 654 g/mol. The number of carbonyl (C=O) groups excluding carboxylic acids is 6. The summed E-state index contributed by atoms with van der Waals surface area (Å²) in [5.74, 6) is -3.63. The lowest BCUT2D eigenvalue weighted by Gasteiger charge is -2.46. The van der Waals surface area contributed by atoms with E-state index < -0.39 is 54.8 Å². The second-order valence-electron chi connectivity index (χ2n) is 12.3. The van der Waals surface area contributed by atoms with Crippen LogP contribution in [0.1, 0.15) is 47.4 Å². The van der Waals surface area contributed by atoms with Crippen molar-refractivity contribution in [2.45, 2.75) is 50.1 Å². The van der Waals surface area contributed by atoms with Crippen LogP contribution < -0.4 is 0 Å². The lowest BCUT2D eigenvalue weighted by molar-refractivity contribution is -0.166. The number of likely N-dealkylation sites (N-methyl/N-ethyl adjacent to an activating group) is 1. The summed E-state index contributed by atoms with van der Waals surface area (Å²) in [6.07, 6.45) is -1.51. The number of aliphatic hydroxyl groups is 1. The number of hydrogen-bond donors (Lipinski definition) is 1. The fourth-order valence-corrected chi connectivity index (χ4v) is 7.93. The molecule has 3 heterocycles. The summed E-state index contributed by atoms with van der Waals surface area (Å²) >= 11 is 1.26. The Hall–Kier alpha value is -4.69. The molecular formula is C35H39N3O10S. The summed E-state index contributed by atoms with van der Waals surface area (Å²) in [5.41, 5.74) is 0.756. The van der Waals surface area contributed by atoms with Crippen molar-refractivity contribution in [1.82, 2.24) is 14.7 Å². The molecule has 6 atom stereocenters. The highest BCUT2D eigenvalue weighted by Gasteiger charge is 2.60. The van der Waals surface area contributed by atoms with Crippen LogP contribution in [0.15, 0.2) is 71.3 Å². The molecule has 3 amide bonds. The Labute approximate surface area is 288 Å². The number of rotatable bonds is 12. The number of carbonyl (C=O) groups is 6. The first-order valence-corrected chi connectivity index (χ1v) is 16.8. The van der Waals surface area contributed by atoms with Gasteiger partial charge in [-0.2, -0.15) is 0 Å². The number of β-lactam (4-membered cyclic amide) rings is 1. The number of ketones is 1. The van der Waals surface area contributed by atoms with Crippen LogP contribution in [-0.4, -0.2) is 113 Å². The molecule has 14 heteroatoms. The second-order valence-corrected chi connectivity index (χ2v) is 13.7. The van der Waals surface area contributed by atoms with Crippen LogP contribution in [0.5, 0.6) is 0 Å². The van der Waals surface area contributed by atoms with E-state index in [1.54, 1.807) is 74.8 Å². The lowest BCUT2D eigenvalue weighted by atomic mass is 9.79. The molecule has 5 rings (SSSR count). The number of nitrogens with zero attached hydrogens (tertiary/aromatic N) is 3. The normalized spacial score (nSPS) is 23.4. The Kier molecular flexibility index (Phi) is 11.1. The van der Waals surface area contributed by atoms with E-state index in [0.717, 1.165) is 0 Å². The highest BCUT2D eigenvalue weighted by molar-refractivity contribution is 8.03. The Balaban J connectivity index is 1.30. The third kappa shape index (κ3) is 7.49. The molecule has 260 valence electrons. The van der Waals surface area contributed by atoms with Gasteiger partial charge in [-0.05, 0) is 25.5 Å². The van der Waals surface area contributed by atoms with E-state index in [1.807, 2.05) is 6.92 Å². The number of fused-ring (bicyclic) bond motifs is 1. The van der Waals surface area contributed by atoms with E-state index in [0.29, 0.717) is 10.5 Å². The van der Waals surface area contributed by atoms with E-state index in [4.69, 9.17) is 14.2 Å². The highest BCUT2D eigenvalue weighted by Crippen LogP contribution is 2.52. The van der Waals surface area contributed by atoms with Crippen LogP contribution in [0.2, 0.25) is 0 Å². The average Bonchev–Trinajstić information content (AvgIpc) is 3.61. The van der Waals surface area contributed by atoms with E-state index in [1.165, 1.54) is 33.4 Å². The number of aliphatic hydroxyl groups excluding tert-OH is 1. The minimum atomic E-state index is -0.961. The Morgan fingerprint density at radius 1 is 0.939 bits per heavy atom. The first-order chi connectivity index (χ1) is 23.4. The molecule has 49 heavy (non-hydrogen) atoms. The number of hydrogen-bond acceptors (Lipinski definition) is 11. The Bertz CT molecular complexity index is 1630. The molecule has 3 aliphatic rings. The zero-order chi connectivity index (χ0) is 35.4. The SMILES string of the molecule is C[C@@H](O)[C@H]1C(=O)N2C(C(=O)OCOC(=O)c3ccccc3)=C(S[C@H]3C[C@@H](C(=O)N(C)C)N(C(=O)OCCC(=O)c4ccccc4)C3)[C@H](C)[C@H]12. The lowest BCUT2D eigenvalue weighted by Crippen LogP contribution is -2.63. The predicted molar refractivity (Wildman–Crippen MR) is 177 cm³/mol. The molecule has 0 bridgehead atoms. The Morgan fingerprint density at radius 3 is 2.16 bits per heavy atom. The van der Waals surface area contributed by atoms with Crippen molar-refractivity contribution in [3.8, 4) is 0 Å². The quantitative estimate of drug-likeness (QED) is 0.151. The van der Waals surface area contributed by atoms with Crippen LogP contribution in [0.3, 0.4) is 0 Å². The van der Waals surface area contributed by atoms with Crippen LogP contribution in [0.4, 0.5) is 4.79 Å². The first kappa shape index (κ1) is 35.6. The summed E-state index contributed by atoms with van der Waals surface area (Å²) < 4.78 is 15.9. The van der Waals surface area contributed by atoms with Crippen LogP contribution in [0, 0.1) is 11.8 Å². The van der Waals surface area contributed by atoms with Crippen molar-refractivity contribution < 1.29 is 48.1 Å². The number of esters is 2. The number of ether oxygens (including phenoxy) is 3. The second kappa shape index (κ2) is 15.2. The van der Waals surface area contributed by atoms with Gasteiger partial charge in [-0.1, -0.05) is 55.5 Å². The van der Waals surface area contributed by atoms with Crippen molar-refractivity contribution in [2.24, 2.45) is 11.8 Å². The van der Waals surface area contributed by atoms with Crippen LogP contribution in [0.25, 0.3) is 0 Å². The summed E-state index contributed by atoms with van der Waals surface area (Å²) in [6, 6.07) is 15.5. The number of benzene rings is 2. The van der Waals surface area contributed by atoms with Crippen LogP contribution in [-0.2, 0) is 28.6 Å². The number of amides is 3. The smallest absolute Gasteiger partial charge is 0.410 e. The van der Waals surface area contributed by atoms with Gasteiger partial charge in [-0.3, -0.25) is 19.3 Å². The number of thioether (sulfide) groups is 1. The highest BCUT2D eigenvalue weighted by atomic mass is 32.2. The molecule has 2 saturated heterocycles. The van der Waals surface area contributed by atoms with Gasteiger partial charge in [0.15, 0.2) is 5.78 Å². The van der Waals surface area contributed by atoms with Gasteiger partial charge in [0.25, 0.3) is 0 Å². The molecule has 0 aliphatic carbocycles. The van der Waals surface area contributed by atoms with Crippen LogP contribution >= 0.6 is 11.8 Å². The van der Waals surface area contributed by atoms with Gasteiger partial charge < -0.3 is 29.1 Å². The first-order valence-electron chi connectivity index (χ1n) is 15.9. The summed E-state index contributed by atoms with van der Waals surface area (Å²) in [5, 5.41) is 9.97. The molecule has 0 saturated carbocycles. The van der Waals surface area contributed by atoms with E-state index in [9.17, 15) is 33.9 Å². The fourth-order valence-electron chi connectivity index (χ4n) is 6.41. The molecule has 0 radical (unpaired) electrons. The molecule has 3 aliphatic heterocycles. The molecule has 2 aromatic rings. The average molecular weight is 694 g/mol. The third-order valence-corrected chi connectivity index (χ3v) is 10.4. The summed E-state index contributed by atoms with van der Waals surface area (Å²) in [4.78, 5) is 82.6. The zero-order valence-electron chi connectivity index (χ0n) is 27.6. The van der Waals surface area contributed by atoms with Gasteiger partial charge in [0, 0.05) is 48.7 Å². The van der Waals surface area contributed by atoms with Gasteiger partial charge in [0.1, 0.15) is 18.3 Å².